The highest BCUT2D eigenvalue weighted by atomic mass is 28.4. The van der Waals surface area contributed by atoms with E-state index in [1.807, 2.05) is 0 Å². The maximum absolute atomic E-state index is 6.25. The van der Waals surface area contributed by atoms with E-state index in [-0.39, 0.29) is 5.04 Å². The molecule has 1 saturated heterocycles. The highest BCUT2D eigenvalue weighted by Crippen LogP contribution is 2.37. The van der Waals surface area contributed by atoms with Crippen LogP contribution in [-0.4, -0.2) is 21.0 Å². The normalized spacial score (nSPS) is 19.7. The van der Waals surface area contributed by atoms with Crippen LogP contribution in [0, 0.1) is 0 Å². The predicted octanol–water partition coefficient (Wildman–Crippen LogP) is 4.01. The third-order valence-corrected chi connectivity index (χ3v) is 8.33. The van der Waals surface area contributed by atoms with E-state index in [1.165, 1.54) is 5.56 Å². The van der Waals surface area contributed by atoms with Gasteiger partial charge in [0.1, 0.15) is 5.75 Å². The van der Waals surface area contributed by atoms with Gasteiger partial charge in [-0.3, -0.25) is 0 Å². The van der Waals surface area contributed by atoms with Gasteiger partial charge >= 0.3 is 0 Å². The van der Waals surface area contributed by atoms with Crippen molar-refractivity contribution < 1.29 is 9.16 Å². The number of benzene rings is 1. The topological polar surface area (TPSA) is 21.8 Å². The molecule has 1 fully saturated rings. The molecule has 0 aromatic heterocycles. The molecule has 1 aromatic rings. The van der Waals surface area contributed by atoms with Gasteiger partial charge in [-0.2, -0.15) is 0 Å². The second-order valence-corrected chi connectivity index (χ2v) is 11.4. The van der Waals surface area contributed by atoms with Crippen molar-refractivity contribution in [1.29, 1.82) is 0 Å². The molecule has 1 aliphatic rings. The highest BCUT2D eigenvalue weighted by Gasteiger charge is 2.38. The average Bonchev–Trinajstić information content (AvgIpc) is 3.03. The second kappa shape index (κ2) is 4.70. The molecule has 18 heavy (non-hydrogen) atoms. The standard InChI is InChI=1S/C15H24O2Si/c1-15(2,3)18(4,5)17-13-8-6-12(7-9-13)10-14-11-16-14/h6-9,14H,10-11H2,1-5H3. The maximum Gasteiger partial charge on any atom is 0.250 e. The Labute approximate surface area is 111 Å². The summed E-state index contributed by atoms with van der Waals surface area (Å²) >= 11 is 0. The monoisotopic (exact) mass is 264 g/mol. The molecule has 0 bridgehead atoms. The Morgan fingerprint density at radius 2 is 1.78 bits per heavy atom. The number of epoxide rings is 1. The van der Waals surface area contributed by atoms with E-state index >= 15 is 0 Å². The zero-order valence-corrected chi connectivity index (χ0v) is 13.1. The van der Waals surface area contributed by atoms with Crippen LogP contribution in [0.1, 0.15) is 26.3 Å². The molecular weight excluding hydrogens is 240 g/mol. The van der Waals surface area contributed by atoms with Gasteiger partial charge in [-0.1, -0.05) is 32.9 Å². The quantitative estimate of drug-likeness (QED) is 0.605. The van der Waals surface area contributed by atoms with E-state index in [1.54, 1.807) is 0 Å². The van der Waals surface area contributed by atoms with E-state index in [9.17, 15) is 0 Å². The van der Waals surface area contributed by atoms with Crippen LogP contribution in [0.15, 0.2) is 24.3 Å². The van der Waals surface area contributed by atoms with Crippen LogP contribution in [0.25, 0.3) is 0 Å². The first kappa shape index (κ1) is 13.6. The number of ether oxygens (including phenoxy) is 1. The molecular formula is C15H24O2Si. The summed E-state index contributed by atoms with van der Waals surface area (Å²) in [5.74, 6) is 1.00. The lowest BCUT2D eigenvalue weighted by molar-refractivity contribution is 0.407. The summed E-state index contributed by atoms with van der Waals surface area (Å²) in [4.78, 5) is 0. The third kappa shape index (κ3) is 3.36. The molecule has 1 aromatic carbocycles. The summed E-state index contributed by atoms with van der Waals surface area (Å²) in [5.41, 5.74) is 1.33. The molecule has 1 unspecified atom stereocenters. The fourth-order valence-electron chi connectivity index (χ4n) is 1.59. The molecule has 2 nitrogen and oxygen atoms in total. The van der Waals surface area contributed by atoms with Gasteiger partial charge in [-0.15, -0.1) is 0 Å². The van der Waals surface area contributed by atoms with Gasteiger partial charge in [-0.25, -0.2) is 0 Å². The Morgan fingerprint density at radius 1 is 1.22 bits per heavy atom. The summed E-state index contributed by atoms with van der Waals surface area (Å²) in [5, 5.41) is 0.244. The van der Waals surface area contributed by atoms with Gasteiger partial charge in [-0.05, 0) is 35.8 Å². The zero-order chi connectivity index (χ0) is 13.4. The Balaban J connectivity index is 2.01. The molecule has 0 N–H and O–H groups in total. The van der Waals surface area contributed by atoms with Crippen molar-refractivity contribution in [2.45, 2.75) is 51.4 Å². The van der Waals surface area contributed by atoms with Crippen molar-refractivity contribution in [3.05, 3.63) is 29.8 Å². The molecule has 0 aliphatic carbocycles. The van der Waals surface area contributed by atoms with E-state index in [0.29, 0.717) is 6.10 Å². The third-order valence-electron chi connectivity index (χ3n) is 3.97. The van der Waals surface area contributed by atoms with Crippen LogP contribution in [-0.2, 0) is 11.2 Å². The summed E-state index contributed by atoms with van der Waals surface area (Å²) in [7, 11) is -1.71. The first-order valence-electron chi connectivity index (χ1n) is 6.67. The SMILES string of the molecule is CC(C)(C)[Si](C)(C)Oc1ccc(CC2CO2)cc1. The van der Waals surface area contributed by atoms with E-state index in [0.717, 1.165) is 18.8 Å². The van der Waals surface area contributed by atoms with Crippen molar-refractivity contribution in [3.8, 4) is 5.75 Å². The maximum atomic E-state index is 6.25. The Morgan fingerprint density at radius 3 is 2.22 bits per heavy atom. The smallest absolute Gasteiger partial charge is 0.250 e. The predicted molar refractivity (Wildman–Crippen MR) is 77.7 cm³/mol. The lowest BCUT2D eigenvalue weighted by Gasteiger charge is -2.36. The van der Waals surface area contributed by atoms with Crippen LogP contribution in [0.4, 0.5) is 0 Å². The fraction of sp³-hybridized carbons (Fsp3) is 0.600. The van der Waals surface area contributed by atoms with Crippen LogP contribution in [0.5, 0.6) is 5.75 Å². The van der Waals surface area contributed by atoms with E-state index in [2.05, 4.69) is 58.1 Å². The van der Waals surface area contributed by atoms with Gasteiger partial charge in [0.05, 0.1) is 12.7 Å². The van der Waals surface area contributed by atoms with E-state index < -0.39 is 8.32 Å². The first-order chi connectivity index (χ1) is 8.28. The van der Waals surface area contributed by atoms with Crippen molar-refractivity contribution in [2.24, 2.45) is 0 Å². The molecule has 100 valence electrons. The van der Waals surface area contributed by atoms with Crippen LogP contribution < -0.4 is 4.43 Å². The summed E-state index contributed by atoms with van der Waals surface area (Å²) in [6.07, 6.45) is 1.48. The highest BCUT2D eigenvalue weighted by molar-refractivity contribution is 6.74. The Kier molecular flexibility index (Phi) is 3.56. The lowest BCUT2D eigenvalue weighted by Crippen LogP contribution is -2.43. The first-order valence-corrected chi connectivity index (χ1v) is 9.58. The van der Waals surface area contributed by atoms with Gasteiger partial charge in [0.25, 0.3) is 0 Å². The molecule has 0 amide bonds. The molecule has 1 aliphatic heterocycles. The second-order valence-electron chi connectivity index (χ2n) is 6.67. The van der Waals surface area contributed by atoms with Crippen LogP contribution >= 0.6 is 0 Å². The number of rotatable bonds is 4. The molecule has 0 spiro atoms. The zero-order valence-electron chi connectivity index (χ0n) is 12.1. The largest absolute Gasteiger partial charge is 0.544 e. The summed E-state index contributed by atoms with van der Waals surface area (Å²) in [6, 6.07) is 8.50. The van der Waals surface area contributed by atoms with Crippen LogP contribution in [0.3, 0.4) is 0 Å². The number of hydrogen-bond donors (Lipinski definition) is 0. The molecule has 3 heteroatoms. The minimum absolute atomic E-state index is 0.244. The minimum atomic E-state index is -1.71. The Hall–Kier alpha value is -0.803. The van der Waals surface area contributed by atoms with Gasteiger partial charge in [0.15, 0.2) is 0 Å². The van der Waals surface area contributed by atoms with Crippen molar-refractivity contribution in [1.82, 2.24) is 0 Å². The molecule has 2 rings (SSSR count). The average molecular weight is 264 g/mol. The molecule has 1 atom stereocenters. The van der Waals surface area contributed by atoms with Crippen molar-refractivity contribution in [2.75, 3.05) is 6.61 Å². The van der Waals surface area contributed by atoms with Gasteiger partial charge in [0, 0.05) is 6.42 Å². The summed E-state index contributed by atoms with van der Waals surface area (Å²) < 4.78 is 11.5. The molecule has 1 heterocycles. The number of hydrogen-bond acceptors (Lipinski definition) is 2. The fourth-order valence-corrected chi connectivity index (χ4v) is 2.62. The van der Waals surface area contributed by atoms with E-state index in [4.69, 9.17) is 9.16 Å². The Bertz CT molecular complexity index is 399. The van der Waals surface area contributed by atoms with Crippen molar-refractivity contribution >= 4 is 8.32 Å². The van der Waals surface area contributed by atoms with Crippen molar-refractivity contribution in [3.63, 3.8) is 0 Å². The molecule has 0 radical (unpaired) electrons. The van der Waals surface area contributed by atoms with Crippen LogP contribution in [0.2, 0.25) is 18.1 Å². The summed E-state index contributed by atoms with van der Waals surface area (Å²) in [6.45, 7) is 12.3. The minimum Gasteiger partial charge on any atom is -0.544 e. The lowest BCUT2D eigenvalue weighted by atomic mass is 10.1. The van der Waals surface area contributed by atoms with Gasteiger partial charge < -0.3 is 9.16 Å². The molecule has 0 saturated carbocycles. The van der Waals surface area contributed by atoms with Gasteiger partial charge in [0.2, 0.25) is 8.32 Å².